The second-order valence-corrected chi connectivity index (χ2v) is 4.31. The smallest absolute Gasteiger partial charge is 0.119 e. The summed E-state index contributed by atoms with van der Waals surface area (Å²) in [5.74, 6) is 0.692. The Bertz CT molecular complexity index is 462. The molecule has 0 aliphatic carbocycles. The molecule has 1 atom stereocenters. The number of benzene rings is 2. The summed E-state index contributed by atoms with van der Waals surface area (Å²) >= 11 is 0. The topological polar surface area (TPSA) is 20.2 Å². The van der Waals surface area contributed by atoms with Crippen LogP contribution < -0.4 is 0 Å². The van der Waals surface area contributed by atoms with Gasteiger partial charge in [0.1, 0.15) is 5.75 Å². The third-order valence-electron chi connectivity index (χ3n) is 3.09. The first-order valence-corrected chi connectivity index (χ1v) is 6.15. The van der Waals surface area contributed by atoms with E-state index in [0.29, 0.717) is 11.7 Å². The molecule has 0 spiro atoms. The summed E-state index contributed by atoms with van der Waals surface area (Å²) in [7, 11) is 0. The minimum atomic E-state index is 0.294. The van der Waals surface area contributed by atoms with Gasteiger partial charge in [0.2, 0.25) is 0 Å². The summed E-state index contributed by atoms with van der Waals surface area (Å²) in [5.41, 5.74) is 2.30. The van der Waals surface area contributed by atoms with Gasteiger partial charge in [0.05, 0.1) is 0 Å². The van der Waals surface area contributed by atoms with Crippen molar-refractivity contribution in [3.63, 3.8) is 0 Å². The molecular formula is C16H18O. The van der Waals surface area contributed by atoms with Gasteiger partial charge in [-0.15, -0.1) is 0 Å². The van der Waals surface area contributed by atoms with E-state index >= 15 is 0 Å². The van der Waals surface area contributed by atoms with Crippen molar-refractivity contribution in [2.24, 2.45) is 0 Å². The van der Waals surface area contributed by atoms with E-state index in [2.05, 4.69) is 31.2 Å². The highest BCUT2D eigenvalue weighted by Crippen LogP contribution is 2.34. The van der Waals surface area contributed by atoms with Crippen LogP contribution in [-0.4, -0.2) is 5.11 Å². The van der Waals surface area contributed by atoms with Crippen LogP contribution in [0.15, 0.2) is 54.6 Å². The van der Waals surface area contributed by atoms with E-state index in [9.17, 15) is 5.11 Å². The highest BCUT2D eigenvalue weighted by molar-refractivity contribution is 5.41. The van der Waals surface area contributed by atoms with E-state index in [1.54, 1.807) is 6.07 Å². The van der Waals surface area contributed by atoms with Crippen molar-refractivity contribution in [3.05, 3.63) is 65.7 Å². The largest absolute Gasteiger partial charge is 0.508 e. The lowest BCUT2D eigenvalue weighted by Gasteiger charge is -2.18. The molecule has 1 N–H and O–H groups in total. The fourth-order valence-corrected chi connectivity index (χ4v) is 2.26. The summed E-state index contributed by atoms with van der Waals surface area (Å²) in [6.07, 6.45) is 2.16. The lowest BCUT2D eigenvalue weighted by molar-refractivity contribution is 0.462. The zero-order valence-corrected chi connectivity index (χ0v) is 10.1. The highest BCUT2D eigenvalue weighted by Gasteiger charge is 2.15. The van der Waals surface area contributed by atoms with Crippen LogP contribution in [0.3, 0.4) is 0 Å². The Labute approximate surface area is 103 Å². The van der Waals surface area contributed by atoms with E-state index in [-0.39, 0.29) is 0 Å². The van der Waals surface area contributed by atoms with E-state index in [1.807, 2.05) is 24.3 Å². The Morgan fingerprint density at radius 2 is 1.59 bits per heavy atom. The molecule has 2 rings (SSSR count). The van der Waals surface area contributed by atoms with Crippen LogP contribution in [-0.2, 0) is 0 Å². The number of rotatable bonds is 4. The molecule has 0 saturated heterocycles. The Balaban J connectivity index is 2.39. The van der Waals surface area contributed by atoms with Crippen molar-refractivity contribution in [1.29, 1.82) is 0 Å². The summed E-state index contributed by atoms with van der Waals surface area (Å²) in [4.78, 5) is 0. The van der Waals surface area contributed by atoms with Gasteiger partial charge in [-0.3, -0.25) is 0 Å². The summed E-state index contributed by atoms with van der Waals surface area (Å²) < 4.78 is 0. The number of para-hydroxylation sites is 1. The molecule has 1 heteroatoms. The molecule has 1 unspecified atom stereocenters. The molecule has 0 fully saturated rings. The van der Waals surface area contributed by atoms with Crippen molar-refractivity contribution >= 4 is 0 Å². The van der Waals surface area contributed by atoms with Gasteiger partial charge in [0.15, 0.2) is 0 Å². The van der Waals surface area contributed by atoms with Crippen molar-refractivity contribution in [2.75, 3.05) is 0 Å². The predicted octanol–water partition coefficient (Wildman–Crippen LogP) is 4.32. The van der Waals surface area contributed by atoms with Gasteiger partial charge in [-0.2, -0.15) is 0 Å². The number of hydrogen-bond acceptors (Lipinski definition) is 1. The van der Waals surface area contributed by atoms with E-state index in [4.69, 9.17) is 0 Å². The van der Waals surface area contributed by atoms with Gasteiger partial charge < -0.3 is 5.11 Å². The maximum atomic E-state index is 9.97. The standard InChI is InChI=1S/C16H18O/c1-2-8-14(13-9-4-3-5-10-13)15-11-6-7-12-16(15)17/h3-7,9-12,14,17H,2,8H2,1H3. The van der Waals surface area contributed by atoms with Crippen LogP contribution in [0.2, 0.25) is 0 Å². The average Bonchev–Trinajstić information content (AvgIpc) is 2.38. The molecule has 0 aliphatic heterocycles. The van der Waals surface area contributed by atoms with Gasteiger partial charge in [0, 0.05) is 11.5 Å². The summed E-state index contributed by atoms with van der Waals surface area (Å²) in [6, 6.07) is 18.0. The van der Waals surface area contributed by atoms with Crippen LogP contribution in [0.25, 0.3) is 0 Å². The zero-order chi connectivity index (χ0) is 12.1. The Kier molecular flexibility index (Phi) is 3.81. The van der Waals surface area contributed by atoms with Crippen LogP contribution in [0.5, 0.6) is 5.75 Å². The van der Waals surface area contributed by atoms with Gasteiger partial charge in [0.25, 0.3) is 0 Å². The molecule has 0 aromatic heterocycles. The fraction of sp³-hybridized carbons (Fsp3) is 0.250. The molecule has 2 aromatic carbocycles. The molecule has 0 amide bonds. The zero-order valence-electron chi connectivity index (χ0n) is 10.1. The SMILES string of the molecule is CCCC(c1ccccc1)c1ccccc1O. The predicted molar refractivity (Wildman–Crippen MR) is 71.3 cm³/mol. The number of aromatic hydroxyl groups is 1. The third-order valence-corrected chi connectivity index (χ3v) is 3.09. The molecule has 0 aliphatic rings. The Hall–Kier alpha value is -1.76. The molecule has 2 aromatic rings. The Morgan fingerprint density at radius 3 is 2.24 bits per heavy atom. The van der Waals surface area contributed by atoms with Crippen LogP contribution in [0.4, 0.5) is 0 Å². The average molecular weight is 226 g/mol. The molecule has 17 heavy (non-hydrogen) atoms. The first kappa shape index (κ1) is 11.7. The van der Waals surface area contributed by atoms with E-state index in [0.717, 1.165) is 18.4 Å². The molecule has 0 bridgehead atoms. The molecule has 0 radical (unpaired) electrons. The fourth-order valence-electron chi connectivity index (χ4n) is 2.26. The van der Waals surface area contributed by atoms with Crippen molar-refractivity contribution in [2.45, 2.75) is 25.7 Å². The molecule has 88 valence electrons. The number of phenolic OH excluding ortho intramolecular Hbond substituents is 1. The highest BCUT2D eigenvalue weighted by atomic mass is 16.3. The Morgan fingerprint density at radius 1 is 0.941 bits per heavy atom. The van der Waals surface area contributed by atoms with Crippen molar-refractivity contribution < 1.29 is 5.11 Å². The first-order valence-electron chi connectivity index (χ1n) is 6.15. The minimum absolute atomic E-state index is 0.294. The van der Waals surface area contributed by atoms with Crippen LogP contribution >= 0.6 is 0 Å². The molecule has 0 saturated carbocycles. The first-order chi connectivity index (χ1) is 8.33. The van der Waals surface area contributed by atoms with Gasteiger partial charge in [-0.1, -0.05) is 61.9 Å². The second-order valence-electron chi connectivity index (χ2n) is 4.31. The molecule has 1 nitrogen and oxygen atoms in total. The number of hydrogen-bond donors (Lipinski definition) is 1. The van der Waals surface area contributed by atoms with E-state index in [1.165, 1.54) is 5.56 Å². The summed E-state index contributed by atoms with van der Waals surface area (Å²) in [6.45, 7) is 2.18. The van der Waals surface area contributed by atoms with Gasteiger partial charge in [-0.25, -0.2) is 0 Å². The number of phenols is 1. The summed E-state index contributed by atoms with van der Waals surface area (Å²) in [5, 5.41) is 9.97. The van der Waals surface area contributed by atoms with Crippen LogP contribution in [0.1, 0.15) is 36.8 Å². The third kappa shape index (κ3) is 2.68. The lowest BCUT2D eigenvalue weighted by atomic mass is 9.87. The lowest BCUT2D eigenvalue weighted by Crippen LogP contribution is -2.00. The van der Waals surface area contributed by atoms with Crippen molar-refractivity contribution in [1.82, 2.24) is 0 Å². The van der Waals surface area contributed by atoms with Crippen molar-refractivity contribution in [3.8, 4) is 5.75 Å². The second kappa shape index (κ2) is 5.53. The maximum Gasteiger partial charge on any atom is 0.119 e. The maximum absolute atomic E-state index is 9.97. The van der Waals surface area contributed by atoms with Gasteiger partial charge in [-0.05, 0) is 18.1 Å². The monoisotopic (exact) mass is 226 g/mol. The van der Waals surface area contributed by atoms with Crippen LogP contribution in [0, 0.1) is 0 Å². The quantitative estimate of drug-likeness (QED) is 0.823. The van der Waals surface area contributed by atoms with E-state index < -0.39 is 0 Å². The molecular weight excluding hydrogens is 208 g/mol. The molecule has 0 heterocycles. The normalized spacial score (nSPS) is 12.3. The van der Waals surface area contributed by atoms with Gasteiger partial charge >= 0.3 is 0 Å². The minimum Gasteiger partial charge on any atom is -0.508 e.